The van der Waals surface area contributed by atoms with Crippen molar-refractivity contribution in [2.45, 2.75) is 44.8 Å². The number of hydrogen-bond acceptors (Lipinski definition) is 4. The summed E-state index contributed by atoms with van der Waals surface area (Å²) in [6.07, 6.45) is 8.53. The van der Waals surface area contributed by atoms with Crippen LogP contribution in [0.5, 0.6) is 0 Å². The van der Waals surface area contributed by atoms with Gasteiger partial charge in [-0.1, -0.05) is 0 Å². The first-order chi connectivity index (χ1) is 9.21. The number of ether oxygens (including phenoxy) is 1. The number of pyridine rings is 1. The molecule has 0 spiro atoms. The summed E-state index contributed by atoms with van der Waals surface area (Å²) >= 11 is 3.44. The summed E-state index contributed by atoms with van der Waals surface area (Å²) in [7, 11) is 0. The number of halogens is 1. The molecule has 1 unspecified atom stereocenters. The molecule has 19 heavy (non-hydrogen) atoms. The second-order valence-electron chi connectivity index (χ2n) is 5.23. The van der Waals surface area contributed by atoms with Gasteiger partial charge in [-0.25, -0.2) is 0 Å². The quantitative estimate of drug-likeness (QED) is 0.596. The van der Waals surface area contributed by atoms with Gasteiger partial charge in [0.15, 0.2) is 0 Å². The molecule has 1 aromatic heterocycles. The van der Waals surface area contributed by atoms with Crippen LogP contribution in [0.4, 0.5) is 0 Å². The standard InChI is InChI=1S/C14H22BrN3O/c1-2-19-14-6-10(7-14)4-13(18-16)5-11-3-12(15)9-17-8-11/h3,8-10,13-14,18H,2,4-7,16H2,1H3. The highest BCUT2D eigenvalue weighted by atomic mass is 79.9. The molecular formula is C14H22BrN3O. The molecule has 0 aromatic carbocycles. The van der Waals surface area contributed by atoms with E-state index >= 15 is 0 Å². The van der Waals surface area contributed by atoms with E-state index in [1.54, 1.807) is 6.20 Å². The first kappa shape index (κ1) is 14.9. The van der Waals surface area contributed by atoms with Gasteiger partial charge in [-0.2, -0.15) is 0 Å². The van der Waals surface area contributed by atoms with Gasteiger partial charge in [0.25, 0.3) is 0 Å². The Balaban J connectivity index is 1.78. The Hall–Kier alpha value is -0.490. The van der Waals surface area contributed by atoms with Gasteiger partial charge in [0, 0.05) is 29.5 Å². The lowest BCUT2D eigenvalue weighted by Gasteiger charge is -2.36. The van der Waals surface area contributed by atoms with Crippen molar-refractivity contribution < 1.29 is 4.74 Å². The number of hydrazine groups is 1. The average molecular weight is 328 g/mol. The summed E-state index contributed by atoms with van der Waals surface area (Å²) in [6.45, 7) is 2.87. The van der Waals surface area contributed by atoms with E-state index in [4.69, 9.17) is 10.6 Å². The maximum Gasteiger partial charge on any atom is 0.0580 e. The second kappa shape index (κ2) is 7.33. The monoisotopic (exact) mass is 327 g/mol. The second-order valence-corrected chi connectivity index (χ2v) is 6.15. The Morgan fingerprint density at radius 2 is 2.32 bits per heavy atom. The Morgan fingerprint density at radius 1 is 1.53 bits per heavy atom. The number of nitrogens with one attached hydrogen (secondary N) is 1. The number of hydrogen-bond donors (Lipinski definition) is 2. The zero-order valence-corrected chi connectivity index (χ0v) is 12.9. The maximum atomic E-state index is 5.67. The van der Waals surface area contributed by atoms with Crippen molar-refractivity contribution in [3.8, 4) is 0 Å². The summed E-state index contributed by atoms with van der Waals surface area (Å²) in [5, 5.41) is 0. The van der Waals surface area contributed by atoms with Crippen LogP contribution in [-0.4, -0.2) is 23.7 Å². The molecule has 1 atom stereocenters. The Kier molecular flexibility index (Phi) is 5.76. The molecule has 0 amide bonds. The molecule has 0 bridgehead atoms. The summed E-state index contributed by atoms with van der Waals surface area (Å²) in [5.74, 6) is 6.40. The summed E-state index contributed by atoms with van der Waals surface area (Å²) < 4.78 is 6.60. The predicted octanol–water partition coefficient (Wildman–Crippen LogP) is 2.42. The molecule has 0 radical (unpaired) electrons. The third kappa shape index (κ3) is 4.53. The first-order valence-corrected chi connectivity index (χ1v) is 7.67. The van der Waals surface area contributed by atoms with Gasteiger partial charge in [0.05, 0.1) is 6.10 Å². The fourth-order valence-electron chi connectivity index (χ4n) is 2.70. The average Bonchev–Trinajstić information content (AvgIpc) is 2.35. The minimum Gasteiger partial charge on any atom is -0.378 e. The summed E-state index contributed by atoms with van der Waals surface area (Å²) in [5.41, 5.74) is 4.14. The molecule has 1 aliphatic rings. The van der Waals surface area contributed by atoms with Crippen LogP contribution < -0.4 is 11.3 Å². The molecule has 1 fully saturated rings. The van der Waals surface area contributed by atoms with Crippen molar-refractivity contribution in [1.29, 1.82) is 0 Å². The van der Waals surface area contributed by atoms with E-state index in [1.807, 2.05) is 6.20 Å². The van der Waals surface area contributed by atoms with Crippen molar-refractivity contribution in [1.82, 2.24) is 10.4 Å². The number of nitrogens with two attached hydrogens (primary N) is 1. The normalized spacial score (nSPS) is 23.9. The molecule has 4 nitrogen and oxygen atoms in total. The predicted molar refractivity (Wildman–Crippen MR) is 79.5 cm³/mol. The van der Waals surface area contributed by atoms with E-state index in [2.05, 4.69) is 39.3 Å². The van der Waals surface area contributed by atoms with E-state index < -0.39 is 0 Å². The molecule has 106 valence electrons. The van der Waals surface area contributed by atoms with Crippen LogP contribution in [-0.2, 0) is 11.2 Å². The third-order valence-corrected chi connectivity index (χ3v) is 4.13. The molecule has 3 N–H and O–H groups in total. The van der Waals surface area contributed by atoms with Gasteiger partial charge in [-0.05, 0) is 66.1 Å². The van der Waals surface area contributed by atoms with Gasteiger partial charge in [0.1, 0.15) is 0 Å². The third-order valence-electron chi connectivity index (χ3n) is 3.69. The Labute approximate surface area is 123 Å². The zero-order valence-electron chi connectivity index (χ0n) is 11.3. The number of aromatic nitrogens is 1. The molecule has 2 rings (SSSR count). The fourth-order valence-corrected chi connectivity index (χ4v) is 3.12. The van der Waals surface area contributed by atoms with Crippen LogP contribution in [0, 0.1) is 5.92 Å². The Morgan fingerprint density at radius 3 is 2.95 bits per heavy atom. The minimum atomic E-state index is 0.309. The lowest BCUT2D eigenvalue weighted by Crippen LogP contribution is -2.42. The molecule has 1 saturated carbocycles. The van der Waals surface area contributed by atoms with Crippen molar-refractivity contribution in [3.05, 3.63) is 28.5 Å². The van der Waals surface area contributed by atoms with E-state index in [-0.39, 0.29) is 0 Å². The van der Waals surface area contributed by atoms with Crippen LogP contribution >= 0.6 is 15.9 Å². The van der Waals surface area contributed by atoms with Crippen LogP contribution in [0.15, 0.2) is 22.9 Å². The van der Waals surface area contributed by atoms with Crippen molar-refractivity contribution >= 4 is 15.9 Å². The van der Waals surface area contributed by atoms with Crippen molar-refractivity contribution in [3.63, 3.8) is 0 Å². The van der Waals surface area contributed by atoms with Gasteiger partial charge in [-0.3, -0.25) is 16.3 Å². The van der Waals surface area contributed by atoms with E-state index in [0.29, 0.717) is 12.1 Å². The smallest absolute Gasteiger partial charge is 0.0580 e. The fraction of sp³-hybridized carbons (Fsp3) is 0.643. The molecule has 1 heterocycles. The van der Waals surface area contributed by atoms with E-state index in [1.165, 1.54) is 18.4 Å². The van der Waals surface area contributed by atoms with Gasteiger partial charge >= 0.3 is 0 Å². The first-order valence-electron chi connectivity index (χ1n) is 6.88. The highest BCUT2D eigenvalue weighted by Crippen LogP contribution is 2.34. The minimum absolute atomic E-state index is 0.309. The molecular weight excluding hydrogens is 306 g/mol. The summed E-state index contributed by atoms with van der Waals surface area (Å²) in [6, 6.07) is 2.41. The molecule has 5 heteroatoms. The van der Waals surface area contributed by atoms with Crippen molar-refractivity contribution in [2.24, 2.45) is 11.8 Å². The molecule has 1 aromatic rings. The van der Waals surface area contributed by atoms with Crippen LogP contribution in [0.25, 0.3) is 0 Å². The van der Waals surface area contributed by atoms with E-state index in [9.17, 15) is 0 Å². The highest BCUT2D eigenvalue weighted by Gasteiger charge is 2.31. The van der Waals surface area contributed by atoms with E-state index in [0.717, 1.165) is 29.8 Å². The topological polar surface area (TPSA) is 60.2 Å². The van der Waals surface area contributed by atoms with Crippen LogP contribution in [0.2, 0.25) is 0 Å². The largest absolute Gasteiger partial charge is 0.378 e. The molecule has 1 aliphatic carbocycles. The van der Waals surface area contributed by atoms with Gasteiger partial charge < -0.3 is 4.74 Å². The molecule has 0 aliphatic heterocycles. The van der Waals surface area contributed by atoms with Crippen LogP contribution in [0.1, 0.15) is 31.7 Å². The van der Waals surface area contributed by atoms with Gasteiger partial charge in [-0.15, -0.1) is 0 Å². The van der Waals surface area contributed by atoms with Gasteiger partial charge in [0.2, 0.25) is 0 Å². The highest BCUT2D eigenvalue weighted by molar-refractivity contribution is 9.10. The lowest BCUT2D eigenvalue weighted by molar-refractivity contribution is -0.0290. The number of nitrogens with zero attached hydrogens (tertiary/aromatic N) is 1. The van der Waals surface area contributed by atoms with Crippen LogP contribution in [0.3, 0.4) is 0 Å². The number of rotatable bonds is 7. The van der Waals surface area contributed by atoms with Crippen molar-refractivity contribution in [2.75, 3.05) is 6.61 Å². The zero-order chi connectivity index (χ0) is 13.7. The SMILES string of the molecule is CCOC1CC(CC(Cc2cncc(Br)c2)NN)C1. The lowest BCUT2D eigenvalue weighted by atomic mass is 9.77. The summed E-state index contributed by atoms with van der Waals surface area (Å²) in [4.78, 5) is 4.19. The molecule has 0 saturated heterocycles. The Bertz CT molecular complexity index is 396. The maximum absolute atomic E-state index is 5.67.